The van der Waals surface area contributed by atoms with Gasteiger partial charge in [0.05, 0.1) is 18.9 Å². The maximum Gasteiger partial charge on any atom is 0.235 e. The van der Waals surface area contributed by atoms with Gasteiger partial charge in [-0.05, 0) is 30.2 Å². The zero-order chi connectivity index (χ0) is 17.0. The van der Waals surface area contributed by atoms with E-state index in [1.165, 1.54) is 0 Å². The van der Waals surface area contributed by atoms with Crippen LogP contribution in [-0.4, -0.2) is 23.5 Å². The van der Waals surface area contributed by atoms with Crippen LogP contribution in [0.1, 0.15) is 28.7 Å². The Morgan fingerprint density at radius 2 is 2.04 bits per heavy atom. The number of ether oxygens (including phenoxy) is 1. The average molecular weight is 345 g/mol. The maximum atomic E-state index is 12.5. The van der Waals surface area contributed by atoms with Crippen molar-refractivity contribution in [1.29, 1.82) is 0 Å². The number of imide groups is 1. The van der Waals surface area contributed by atoms with Crippen molar-refractivity contribution in [1.82, 2.24) is 9.88 Å². The van der Waals surface area contributed by atoms with Crippen LogP contribution in [0.25, 0.3) is 0 Å². The first-order valence-corrected chi connectivity index (χ1v) is 8.22. The Morgan fingerprint density at radius 1 is 1.25 bits per heavy atom. The predicted octanol–water partition coefficient (Wildman–Crippen LogP) is 2.38. The first-order valence-electron chi connectivity index (χ1n) is 7.84. The molecule has 2 aliphatic rings. The molecule has 124 valence electrons. The van der Waals surface area contributed by atoms with Crippen LogP contribution in [0.3, 0.4) is 0 Å². The number of aromatic nitrogens is 1. The molecule has 0 bridgehead atoms. The van der Waals surface area contributed by atoms with Crippen molar-refractivity contribution in [2.45, 2.75) is 18.3 Å². The van der Waals surface area contributed by atoms with E-state index in [4.69, 9.17) is 16.3 Å². The highest BCUT2D eigenvalue weighted by molar-refractivity contribution is 6.31. The van der Waals surface area contributed by atoms with E-state index in [0.717, 1.165) is 16.8 Å². The molecule has 1 saturated heterocycles. The number of carbonyl (C=O) groups is 2. The van der Waals surface area contributed by atoms with Crippen molar-refractivity contribution in [2.75, 3.05) is 7.11 Å². The second-order valence-electron chi connectivity index (χ2n) is 6.35. The summed E-state index contributed by atoms with van der Waals surface area (Å²) in [5.41, 5.74) is 2.80. The Morgan fingerprint density at radius 3 is 2.79 bits per heavy atom. The molecule has 1 aromatic carbocycles. The monoisotopic (exact) mass is 344 g/mol. The summed E-state index contributed by atoms with van der Waals surface area (Å²) in [6.45, 7) is 0. The molecule has 4 rings (SSSR count). The van der Waals surface area contributed by atoms with Crippen LogP contribution in [0.4, 0.5) is 0 Å². The molecule has 1 aliphatic heterocycles. The summed E-state index contributed by atoms with van der Waals surface area (Å²) in [6.07, 6.45) is 2.57. The summed E-state index contributed by atoms with van der Waals surface area (Å²) in [4.78, 5) is 24.9. The van der Waals surface area contributed by atoms with Gasteiger partial charge in [0.25, 0.3) is 0 Å². The first kappa shape index (κ1) is 15.3. The van der Waals surface area contributed by atoms with E-state index >= 15 is 0 Å². The molecule has 1 aromatic heterocycles. The topological polar surface area (TPSA) is 60.3 Å². The van der Waals surface area contributed by atoms with Gasteiger partial charge in [0.15, 0.2) is 0 Å². The molecule has 1 N–H and O–H groups in total. The second kappa shape index (κ2) is 5.38. The van der Waals surface area contributed by atoms with Crippen LogP contribution < -0.4 is 10.1 Å². The minimum absolute atomic E-state index is 0.203. The molecule has 0 saturated carbocycles. The largest absolute Gasteiger partial charge is 0.496 e. The lowest BCUT2D eigenvalue weighted by molar-refractivity contribution is -0.126. The number of hydrogen-bond donors (Lipinski definition) is 1. The minimum atomic E-state index is -0.464. The van der Waals surface area contributed by atoms with E-state index < -0.39 is 11.8 Å². The van der Waals surface area contributed by atoms with E-state index in [0.29, 0.717) is 17.2 Å². The van der Waals surface area contributed by atoms with Crippen LogP contribution >= 0.6 is 11.6 Å². The number of fused-ring (bicyclic) bond motifs is 3. The van der Waals surface area contributed by atoms with Gasteiger partial charge in [0.2, 0.25) is 11.8 Å². The zero-order valence-corrected chi connectivity index (χ0v) is 14.1. The molecule has 1 aliphatic carbocycles. The molecule has 6 heteroatoms. The average Bonchev–Trinajstić information content (AvgIpc) is 3.07. The molecule has 5 nitrogen and oxygen atoms in total. The van der Waals surface area contributed by atoms with Gasteiger partial charge < -0.3 is 9.30 Å². The smallest absolute Gasteiger partial charge is 0.235 e. The second-order valence-corrected chi connectivity index (χ2v) is 6.76. The number of methoxy groups -OCH3 is 1. The maximum absolute atomic E-state index is 12.5. The highest BCUT2D eigenvalue weighted by Crippen LogP contribution is 2.50. The van der Waals surface area contributed by atoms with Gasteiger partial charge in [0, 0.05) is 35.4 Å². The molecule has 0 radical (unpaired) electrons. The Balaban J connectivity index is 1.93. The third-order valence-corrected chi connectivity index (χ3v) is 5.54. The van der Waals surface area contributed by atoms with Gasteiger partial charge in [0.1, 0.15) is 5.75 Å². The van der Waals surface area contributed by atoms with Gasteiger partial charge >= 0.3 is 0 Å². The van der Waals surface area contributed by atoms with Crippen LogP contribution in [0.2, 0.25) is 5.02 Å². The lowest BCUT2D eigenvalue weighted by Gasteiger charge is -2.33. The Labute approximate surface area is 144 Å². The first-order chi connectivity index (χ1) is 11.5. The van der Waals surface area contributed by atoms with Gasteiger partial charge in [-0.3, -0.25) is 14.9 Å². The number of aryl methyl sites for hydroxylation is 1. The molecule has 2 aromatic rings. The minimum Gasteiger partial charge on any atom is -0.496 e. The van der Waals surface area contributed by atoms with Crippen molar-refractivity contribution in [2.24, 2.45) is 13.0 Å². The normalized spacial score (nSPS) is 25.2. The Kier molecular flexibility index (Phi) is 3.42. The lowest BCUT2D eigenvalue weighted by Crippen LogP contribution is -2.31. The number of hydrogen-bond acceptors (Lipinski definition) is 3. The molecule has 0 spiro atoms. The SMILES string of the molecule is COc1cccc(Cl)c1C1Cc2c(ccn2C)C2C(=O)NC(=O)C12. The standard InChI is InChI=1S/C18H17ClN2O3/c1-21-7-6-9-12(21)8-10(16-15(9)17(22)20-18(16)23)14-11(19)4-3-5-13(14)24-2/h3-7,10,15-16H,8H2,1-2H3,(H,20,22,23). The van der Waals surface area contributed by atoms with Gasteiger partial charge in [-0.2, -0.15) is 0 Å². The summed E-state index contributed by atoms with van der Waals surface area (Å²) in [5, 5.41) is 3.05. The van der Waals surface area contributed by atoms with E-state index in [9.17, 15) is 9.59 Å². The van der Waals surface area contributed by atoms with E-state index in [2.05, 4.69) is 5.32 Å². The van der Waals surface area contributed by atoms with E-state index in [1.807, 2.05) is 36.0 Å². The number of nitrogens with one attached hydrogen (secondary N) is 1. The number of halogens is 1. The summed E-state index contributed by atoms with van der Waals surface area (Å²) < 4.78 is 7.49. The molecule has 2 heterocycles. The highest BCUT2D eigenvalue weighted by atomic mass is 35.5. The number of amides is 2. The van der Waals surface area contributed by atoms with Crippen molar-refractivity contribution < 1.29 is 14.3 Å². The molecular weight excluding hydrogens is 328 g/mol. The predicted molar refractivity (Wildman–Crippen MR) is 89.2 cm³/mol. The van der Waals surface area contributed by atoms with Crippen molar-refractivity contribution in [3.8, 4) is 5.75 Å². The van der Waals surface area contributed by atoms with Gasteiger partial charge in [-0.1, -0.05) is 17.7 Å². The molecule has 24 heavy (non-hydrogen) atoms. The highest BCUT2D eigenvalue weighted by Gasteiger charge is 2.52. The van der Waals surface area contributed by atoms with E-state index in [-0.39, 0.29) is 17.7 Å². The van der Waals surface area contributed by atoms with Crippen molar-refractivity contribution in [3.05, 3.63) is 52.3 Å². The van der Waals surface area contributed by atoms with Crippen LogP contribution in [0.5, 0.6) is 5.75 Å². The summed E-state index contributed by atoms with van der Waals surface area (Å²) in [7, 11) is 3.54. The molecule has 2 amide bonds. The Hall–Kier alpha value is -2.27. The van der Waals surface area contributed by atoms with Crippen LogP contribution in [0, 0.1) is 5.92 Å². The fourth-order valence-electron chi connectivity index (χ4n) is 4.15. The number of carbonyl (C=O) groups excluding carboxylic acids is 2. The summed E-state index contributed by atoms with van der Waals surface area (Å²) in [5.74, 6) is -0.934. The van der Waals surface area contributed by atoms with Crippen molar-refractivity contribution in [3.63, 3.8) is 0 Å². The molecule has 3 atom stereocenters. The third-order valence-electron chi connectivity index (χ3n) is 5.21. The zero-order valence-electron chi connectivity index (χ0n) is 13.4. The number of rotatable bonds is 2. The van der Waals surface area contributed by atoms with Gasteiger partial charge in [-0.25, -0.2) is 0 Å². The molecule has 3 unspecified atom stereocenters. The fraction of sp³-hybridized carbons (Fsp3) is 0.333. The van der Waals surface area contributed by atoms with Gasteiger partial charge in [-0.15, -0.1) is 0 Å². The quantitative estimate of drug-likeness (QED) is 0.851. The fourth-order valence-corrected chi connectivity index (χ4v) is 4.45. The molecule has 1 fully saturated rings. The summed E-state index contributed by atoms with van der Waals surface area (Å²) in [6, 6.07) is 7.39. The number of benzene rings is 1. The van der Waals surface area contributed by atoms with Crippen LogP contribution in [0.15, 0.2) is 30.5 Å². The number of nitrogens with zero attached hydrogens (tertiary/aromatic N) is 1. The Bertz CT molecular complexity index is 858. The third kappa shape index (κ3) is 2.01. The molecular formula is C18H17ClN2O3. The van der Waals surface area contributed by atoms with E-state index in [1.54, 1.807) is 13.2 Å². The van der Waals surface area contributed by atoms with Crippen molar-refractivity contribution >= 4 is 23.4 Å². The summed E-state index contributed by atoms with van der Waals surface area (Å²) >= 11 is 6.45. The van der Waals surface area contributed by atoms with Crippen LogP contribution in [-0.2, 0) is 23.1 Å². The lowest BCUT2D eigenvalue weighted by atomic mass is 9.69.